The van der Waals surface area contributed by atoms with E-state index in [0.29, 0.717) is 0 Å². The third kappa shape index (κ3) is 3.77. The molecule has 5 nitrogen and oxygen atoms in total. The highest BCUT2D eigenvalue weighted by atomic mass is 28.4. The molecular weight excluding hydrogens is 222 g/mol. The van der Waals surface area contributed by atoms with Gasteiger partial charge in [-0.25, -0.2) is 4.79 Å². The van der Waals surface area contributed by atoms with Gasteiger partial charge < -0.3 is 19.5 Å². The molecule has 0 aromatic heterocycles. The fraction of sp³-hybridized carbons (Fsp3) is 0.900. The molecule has 0 bridgehead atoms. The lowest BCUT2D eigenvalue weighted by Gasteiger charge is -2.37. The first-order valence-corrected chi connectivity index (χ1v) is 8.84. The summed E-state index contributed by atoms with van der Waals surface area (Å²) < 4.78 is 5.54. The Labute approximate surface area is 98.9 Å². The first-order chi connectivity index (χ1) is 7.48. The highest BCUT2D eigenvalue weighted by Crippen LogP contribution is 2.09. The third-order valence-electron chi connectivity index (χ3n) is 3.03. The van der Waals surface area contributed by atoms with Crippen molar-refractivity contribution in [2.75, 3.05) is 46.5 Å². The zero-order valence-electron chi connectivity index (χ0n) is 10.7. The maximum Gasteiger partial charge on any atom is 0.317 e. The van der Waals surface area contributed by atoms with Crippen LogP contribution in [0.2, 0.25) is 13.1 Å². The van der Waals surface area contributed by atoms with Gasteiger partial charge in [0.1, 0.15) is 0 Å². The Bertz CT molecular complexity index is 240. The molecule has 0 atom stereocenters. The molecule has 0 unspecified atom stereocenters. The average molecular weight is 245 g/mol. The largest absolute Gasteiger partial charge is 0.419 e. The van der Waals surface area contributed by atoms with E-state index in [1.54, 1.807) is 14.2 Å². The van der Waals surface area contributed by atoms with Crippen LogP contribution in [0, 0.1) is 0 Å². The maximum absolute atomic E-state index is 11.4. The van der Waals surface area contributed by atoms with Crippen LogP contribution < -0.4 is 5.32 Å². The lowest BCUT2D eigenvalue weighted by atomic mass is 10.3. The van der Waals surface area contributed by atoms with Crippen LogP contribution in [0.1, 0.15) is 0 Å². The number of carbonyl (C=O) groups is 1. The van der Waals surface area contributed by atoms with Crippen molar-refractivity contribution in [1.82, 2.24) is 15.1 Å². The van der Waals surface area contributed by atoms with Crippen LogP contribution in [-0.2, 0) is 4.43 Å². The van der Waals surface area contributed by atoms with Gasteiger partial charge in [0, 0.05) is 46.5 Å². The van der Waals surface area contributed by atoms with Gasteiger partial charge in [-0.2, -0.15) is 0 Å². The normalized spacial score (nSPS) is 18.6. The van der Waals surface area contributed by atoms with Crippen LogP contribution in [0.5, 0.6) is 0 Å². The topological polar surface area (TPSA) is 44.8 Å². The maximum atomic E-state index is 11.4. The highest BCUT2D eigenvalue weighted by Gasteiger charge is 2.27. The summed E-state index contributed by atoms with van der Waals surface area (Å²) in [5.41, 5.74) is 0. The second kappa shape index (κ2) is 5.65. The summed E-state index contributed by atoms with van der Waals surface area (Å²) in [4.78, 5) is 15.7. The predicted molar refractivity (Wildman–Crippen MR) is 67.0 cm³/mol. The Kier molecular flexibility index (Phi) is 4.76. The quantitative estimate of drug-likeness (QED) is 0.729. The van der Waals surface area contributed by atoms with E-state index < -0.39 is 8.32 Å². The van der Waals surface area contributed by atoms with E-state index in [1.165, 1.54) is 0 Å². The molecule has 0 saturated carbocycles. The summed E-state index contributed by atoms with van der Waals surface area (Å²) in [6, 6.07) is 0.0305. The SMILES string of the molecule is CNC(=O)N1CCN(C[Si](C)(C)OC)CC1. The van der Waals surface area contributed by atoms with Crippen LogP contribution in [0.3, 0.4) is 0 Å². The van der Waals surface area contributed by atoms with E-state index in [4.69, 9.17) is 4.43 Å². The Morgan fingerprint density at radius 2 is 1.88 bits per heavy atom. The first kappa shape index (κ1) is 13.5. The average Bonchev–Trinajstić information content (AvgIpc) is 2.28. The first-order valence-electron chi connectivity index (χ1n) is 5.72. The number of hydrogen-bond acceptors (Lipinski definition) is 3. The minimum atomic E-state index is -1.52. The summed E-state index contributed by atoms with van der Waals surface area (Å²) in [7, 11) is 1.96. The monoisotopic (exact) mass is 245 g/mol. The lowest BCUT2D eigenvalue weighted by Crippen LogP contribution is -2.55. The fourth-order valence-electron chi connectivity index (χ4n) is 1.87. The minimum absolute atomic E-state index is 0.0305. The van der Waals surface area contributed by atoms with Gasteiger partial charge in [-0.3, -0.25) is 0 Å². The standard InChI is InChI=1S/C10H23N3O2Si/c1-11-10(14)13-7-5-12(6-8-13)9-16(3,4)15-2/h5-9H2,1-4H3,(H,11,14). The molecule has 1 saturated heterocycles. The minimum Gasteiger partial charge on any atom is -0.419 e. The Morgan fingerprint density at radius 1 is 1.31 bits per heavy atom. The summed E-state index contributed by atoms with van der Waals surface area (Å²) in [5, 5.41) is 2.66. The molecule has 0 aromatic rings. The number of nitrogens with zero attached hydrogens (tertiary/aromatic N) is 2. The molecule has 1 rings (SSSR count). The van der Waals surface area contributed by atoms with Gasteiger partial charge in [0.2, 0.25) is 0 Å². The van der Waals surface area contributed by atoms with Crippen molar-refractivity contribution < 1.29 is 9.22 Å². The zero-order valence-corrected chi connectivity index (χ0v) is 11.7. The molecule has 0 aliphatic carbocycles. The van der Waals surface area contributed by atoms with Crippen molar-refractivity contribution in [2.24, 2.45) is 0 Å². The fourth-order valence-corrected chi connectivity index (χ4v) is 3.39. The van der Waals surface area contributed by atoms with E-state index in [9.17, 15) is 4.79 Å². The summed E-state index contributed by atoms with van der Waals surface area (Å²) in [6.07, 6.45) is 1.05. The molecule has 1 aliphatic rings. The van der Waals surface area contributed by atoms with E-state index in [-0.39, 0.29) is 6.03 Å². The molecule has 1 fully saturated rings. The van der Waals surface area contributed by atoms with Gasteiger partial charge in [0.05, 0.1) is 0 Å². The Morgan fingerprint density at radius 3 is 2.31 bits per heavy atom. The van der Waals surface area contributed by atoms with E-state index >= 15 is 0 Å². The van der Waals surface area contributed by atoms with Crippen LogP contribution in [0.15, 0.2) is 0 Å². The van der Waals surface area contributed by atoms with Crippen LogP contribution in [0.4, 0.5) is 4.79 Å². The van der Waals surface area contributed by atoms with Crippen molar-refractivity contribution in [1.29, 1.82) is 0 Å². The van der Waals surface area contributed by atoms with Gasteiger partial charge >= 0.3 is 6.03 Å². The number of amides is 2. The zero-order chi connectivity index (χ0) is 12.2. The third-order valence-corrected chi connectivity index (χ3v) is 5.34. The van der Waals surface area contributed by atoms with Gasteiger partial charge in [-0.05, 0) is 13.1 Å². The predicted octanol–water partition coefficient (Wildman–Crippen LogP) is 0.334. The molecule has 94 valence electrons. The van der Waals surface area contributed by atoms with Gasteiger partial charge in [-0.15, -0.1) is 0 Å². The molecule has 16 heavy (non-hydrogen) atoms. The van der Waals surface area contributed by atoms with Crippen molar-refractivity contribution >= 4 is 14.3 Å². The smallest absolute Gasteiger partial charge is 0.317 e. The summed E-state index contributed by atoms with van der Waals surface area (Å²) in [5.74, 6) is 0. The van der Waals surface area contributed by atoms with Crippen molar-refractivity contribution in [3.63, 3.8) is 0 Å². The number of carbonyl (C=O) groups excluding carboxylic acids is 1. The molecule has 1 aliphatic heterocycles. The van der Waals surface area contributed by atoms with Gasteiger partial charge in [0.25, 0.3) is 0 Å². The van der Waals surface area contributed by atoms with Gasteiger partial charge in [-0.1, -0.05) is 0 Å². The Hall–Kier alpha value is -0.593. The van der Waals surface area contributed by atoms with E-state index in [0.717, 1.165) is 32.3 Å². The van der Waals surface area contributed by atoms with E-state index in [2.05, 4.69) is 23.3 Å². The second-order valence-corrected chi connectivity index (χ2v) is 9.03. The molecule has 1 N–H and O–H groups in total. The Balaban J connectivity index is 2.35. The molecule has 1 heterocycles. The highest BCUT2D eigenvalue weighted by molar-refractivity contribution is 6.71. The van der Waals surface area contributed by atoms with E-state index in [1.807, 2.05) is 4.90 Å². The van der Waals surface area contributed by atoms with Crippen LogP contribution >= 0.6 is 0 Å². The second-order valence-electron chi connectivity index (χ2n) is 4.78. The molecule has 6 heteroatoms. The van der Waals surface area contributed by atoms with Crippen LogP contribution in [0.25, 0.3) is 0 Å². The summed E-state index contributed by atoms with van der Waals surface area (Å²) >= 11 is 0. The lowest BCUT2D eigenvalue weighted by molar-refractivity contribution is 0.147. The van der Waals surface area contributed by atoms with Gasteiger partial charge in [0.15, 0.2) is 8.32 Å². The molecule has 0 spiro atoms. The van der Waals surface area contributed by atoms with Crippen molar-refractivity contribution in [3.8, 4) is 0 Å². The number of nitrogens with one attached hydrogen (secondary N) is 1. The number of rotatable bonds is 3. The van der Waals surface area contributed by atoms with Crippen molar-refractivity contribution in [3.05, 3.63) is 0 Å². The van der Waals surface area contributed by atoms with Crippen LogP contribution in [-0.4, -0.2) is 70.7 Å². The molecule has 2 amide bonds. The number of piperazine rings is 1. The number of hydrogen-bond donors (Lipinski definition) is 1. The number of urea groups is 1. The molecule has 0 radical (unpaired) electrons. The molecule has 0 aromatic carbocycles. The van der Waals surface area contributed by atoms with Crippen molar-refractivity contribution in [2.45, 2.75) is 13.1 Å². The molecular formula is C10H23N3O2Si. The summed E-state index contributed by atoms with van der Waals surface area (Å²) in [6.45, 7) is 7.97.